The van der Waals surface area contributed by atoms with E-state index < -0.39 is 51.7 Å². The van der Waals surface area contributed by atoms with Crippen molar-refractivity contribution >= 4 is 27.4 Å². The number of aryl methyl sites for hydroxylation is 2. The molecule has 6 aliphatic heterocycles. The lowest BCUT2D eigenvalue weighted by atomic mass is 10.1. The van der Waals surface area contributed by atoms with Crippen molar-refractivity contribution in [1.29, 1.82) is 0 Å². The Morgan fingerprint density at radius 1 is 0.824 bits per heavy atom. The first-order chi connectivity index (χ1) is 24.5. The number of aromatic nitrogens is 4. The Hall–Kier alpha value is -1.81. The lowest BCUT2D eigenvalue weighted by Gasteiger charge is -2.25. The van der Waals surface area contributed by atoms with E-state index >= 15 is 0 Å². The topological polar surface area (TPSA) is 183 Å². The highest BCUT2D eigenvalue weighted by Crippen LogP contribution is 2.56. The van der Waals surface area contributed by atoms with Crippen molar-refractivity contribution in [2.45, 2.75) is 128 Å². The van der Waals surface area contributed by atoms with Gasteiger partial charge in [0, 0.05) is 61.5 Å². The van der Waals surface area contributed by atoms with Crippen LogP contribution in [-0.4, -0.2) is 96.4 Å². The second-order valence-electron chi connectivity index (χ2n) is 13.7. The lowest BCUT2D eigenvalue weighted by Crippen LogP contribution is -2.33. The van der Waals surface area contributed by atoms with Gasteiger partial charge in [0.1, 0.15) is 12.5 Å². The van der Waals surface area contributed by atoms with Gasteiger partial charge in [0.25, 0.3) is 19.6 Å². The average molecular weight is 775 g/mol. The van der Waals surface area contributed by atoms with Gasteiger partial charge in [0.05, 0.1) is 37.6 Å². The van der Waals surface area contributed by atoms with Gasteiger partial charge in [-0.15, -0.1) is 0 Å². The Bertz CT molecular complexity index is 1740. The van der Waals surface area contributed by atoms with E-state index in [2.05, 4.69) is 19.3 Å². The largest absolute Gasteiger partial charge is 0.390 e. The van der Waals surface area contributed by atoms with Crippen LogP contribution in [0.15, 0.2) is 31.6 Å². The monoisotopic (exact) mass is 774 g/mol. The van der Waals surface area contributed by atoms with Gasteiger partial charge in [-0.2, -0.15) is 0 Å². The highest BCUT2D eigenvalue weighted by Gasteiger charge is 2.45. The van der Waals surface area contributed by atoms with Crippen molar-refractivity contribution < 1.29 is 28.2 Å². The van der Waals surface area contributed by atoms with Crippen LogP contribution in [0.4, 0.5) is 0 Å². The summed E-state index contributed by atoms with van der Waals surface area (Å²) in [5, 5.41) is 9.72. The summed E-state index contributed by atoms with van der Waals surface area (Å²) in [6.07, 6.45) is 8.48. The molecule has 6 aliphatic rings. The number of hydrogen-bond acceptors (Lipinski definition) is 12. The molecule has 19 heteroatoms. The van der Waals surface area contributed by atoms with Crippen LogP contribution in [0, 0.1) is 13.8 Å². The normalized spacial score (nSPS) is 34.5. The van der Waals surface area contributed by atoms with Gasteiger partial charge in [-0.05, 0) is 63.6 Å². The molecule has 0 spiro atoms. The van der Waals surface area contributed by atoms with Crippen molar-refractivity contribution in [1.82, 2.24) is 28.4 Å². The molecule has 0 aliphatic carbocycles. The molecule has 8 rings (SSSR count). The second kappa shape index (κ2) is 17.1. The molecular formula is C32H49ClN6O10P2. The van der Waals surface area contributed by atoms with Gasteiger partial charge in [-0.3, -0.25) is 28.7 Å². The zero-order chi connectivity index (χ0) is 36.4. The van der Waals surface area contributed by atoms with Crippen molar-refractivity contribution in [3.05, 3.63) is 65.2 Å². The van der Waals surface area contributed by atoms with Gasteiger partial charge < -0.3 is 28.2 Å². The van der Waals surface area contributed by atoms with E-state index in [1.165, 1.54) is 41.0 Å². The van der Waals surface area contributed by atoms with Crippen molar-refractivity contribution in [3.63, 3.8) is 0 Å². The first-order valence-corrected chi connectivity index (χ1v) is 21.1. The fourth-order valence-electron chi connectivity index (χ4n) is 7.25. The van der Waals surface area contributed by atoms with E-state index in [0.717, 1.165) is 32.7 Å². The average Bonchev–Trinajstić information content (AvgIpc) is 3.95. The molecule has 6 saturated heterocycles. The summed E-state index contributed by atoms with van der Waals surface area (Å²) in [5.74, 6) is 0. The molecule has 10 atom stereocenters. The number of aliphatic hydroxyl groups excluding tert-OH is 1. The molecule has 0 saturated carbocycles. The van der Waals surface area contributed by atoms with Gasteiger partial charge in [-0.1, -0.05) is 13.8 Å². The summed E-state index contributed by atoms with van der Waals surface area (Å²) in [6, 6.07) is 1.15. The van der Waals surface area contributed by atoms with Crippen LogP contribution in [-0.2, 0) is 23.0 Å². The van der Waals surface area contributed by atoms with Crippen molar-refractivity contribution in [3.8, 4) is 0 Å². The molecular weight excluding hydrogens is 726 g/mol. The number of H-pyrrole nitrogens is 2. The van der Waals surface area contributed by atoms with Crippen LogP contribution in [0.25, 0.3) is 0 Å². The number of aliphatic hydroxyl groups is 1. The number of aromatic amines is 2. The number of hydrogen-bond donors (Lipinski definition) is 3. The molecule has 3 N–H and O–H groups in total. The first kappa shape index (κ1) is 38.9. The Balaban J connectivity index is 0.000000148. The molecule has 0 aromatic carbocycles. The van der Waals surface area contributed by atoms with Gasteiger partial charge in [0.2, 0.25) is 7.65 Å². The summed E-state index contributed by atoms with van der Waals surface area (Å²) < 4.78 is 36.5. The molecule has 16 nitrogen and oxygen atoms in total. The number of rotatable bonds is 6. The maximum atomic E-state index is 12.1. The second-order valence-corrected chi connectivity index (χ2v) is 17.2. The van der Waals surface area contributed by atoms with Gasteiger partial charge >= 0.3 is 11.4 Å². The molecule has 2 aromatic rings. The molecule has 0 bridgehead atoms. The third-order valence-electron chi connectivity index (χ3n) is 10.2. The van der Waals surface area contributed by atoms with E-state index in [0.29, 0.717) is 42.5 Å². The van der Waals surface area contributed by atoms with E-state index in [-0.39, 0.29) is 23.9 Å². The van der Waals surface area contributed by atoms with Crippen molar-refractivity contribution in [2.24, 2.45) is 0 Å². The van der Waals surface area contributed by atoms with Crippen molar-refractivity contribution in [2.75, 3.05) is 26.3 Å². The summed E-state index contributed by atoms with van der Waals surface area (Å²) in [6.45, 7) is 11.1. The summed E-state index contributed by atoms with van der Waals surface area (Å²) in [4.78, 5) is 51.1. The Labute approximate surface area is 303 Å². The maximum Gasteiger partial charge on any atom is 0.330 e. The standard InChI is InChI=1S/C16H24N3O5P.C11H16N2O4.C5H9ClNOP/c1-3-12-13(24-25-19-6-4-5-11(19)9-22-25)7-14(23-12)18-8-10(2)15(20)17-16(18)21;1-3-8-7(14)4-9(17-8)13-5-6(2)10(15)12-11(13)16;6-9-7-3-1-2-5(7)4-8-9/h8,11-14H,3-7,9H2,1-2H3,(H,17,20,21);5,7-9,14H,3-4H2,1-2H3,(H,12,15,16);5H,1-4H2/t11-,12?,13?,14?,25?;;5-,9?/m0.0/s1. The molecule has 284 valence electrons. The van der Waals surface area contributed by atoms with E-state index in [4.69, 9.17) is 34.3 Å². The summed E-state index contributed by atoms with van der Waals surface area (Å²) in [7, 11) is -1.73. The minimum Gasteiger partial charge on any atom is -0.390 e. The van der Waals surface area contributed by atoms with Gasteiger partial charge in [-0.25, -0.2) is 18.9 Å². The van der Waals surface area contributed by atoms with E-state index in [1.54, 1.807) is 20.0 Å². The van der Waals surface area contributed by atoms with Crippen LogP contribution in [0.1, 0.15) is 88.8 Å². The summed E-state index contributed by atoms with van der Waals surface area (Å²) >= 11 is 5.88. The Kier molecular flexibility index (Phi) is 13.1. The van der Waals surface area contributed by atoms with Crippen LogP contribution in [0.2, 0.25) is 0 Å². The molecule has 6 fully saturated rings. The third kappa shape index (κ3) is 8.78. The predicted octanol–water partition coefficient (Wildman–Crippen LogP) is 3.50. The number of nitrogens with one attached hydrogen (secondary N) is 2. The van der Waals surface area contributed by atoms with Crippen LogP contribution in [0.3, 0.4) is 0 Å². The Morgan fingerprint density at radius 3 is 1.92 bits per heavy atom. The number of ether oxygens (including phenoxy) is 2. The minimum absolute atomic E-state index is 0.0862. The Morgan fingerprint density at radius 2 is 1.35 bits per heavy atom. The molecule has 0 amide bonds. The van der Waals surface area contributed by atoms with E-state index in [1.807, 2.05) is 13.8 Å². The smallest absolute Gasteiger partial charge is 0.330 e. The third-order valence-corrected chi connectivity index (χ3v) is 14.1. The van der Waals surface area contributed by atoms with Crippen LogP contribution >= 0.6 is 27.4 Å². The highest BCUT2D eigenvalue weighted by molar-refractivity contribution is 7.78. The molecule has 8 unspecified atom stereocenters. The van der Waals surface area contributed by atoms with Crippen LogP contribution in [0.5, 0.6) is 0 Å². The van der Waals surface area contributed by atoms with E-state index in [9.17, 15) is 24.3 Å². The zero-order valence-corrected chi connectivity index (χ0v) is 32.0. The first-order valence-electron chi connectivity index (χ1n) is 17.8. The predicted molar refractivity (Wildman–Crippen MR) is 192 cm³/mol. The molecule has 2 aromatic heterocycles. The maximum absolute atomic E-state index is 12.1. The fraction of sp³-hybridized carbons (Fsp3) is 0.750. The SMILES string of the molecule is CCC1OC(n2cc(C)c(=O)[nH]c2=O)CC1O.CCC1OC(n2cc(C)c(=O)[nH]c2=O)CC1OP1OC[C@@H]2CCCN21.ClP1OC[C@@H]2CCCN21. The molecule has 0 radical (unpaired) electrons. The molecule has 51 heavy (non-hydrogen) atoms. The lowest BCUT2D eigenvalue weighted by molar-refractivity contribution is -0.0218. The quantitative estimate of drug-likeness (QED) is 0.364. The van der Waals surface area contributed by atoms with Gasteiger partial charge in [0.15, 0.2) is 0 Å². The number of fused-ring (bicyclic) bond motifs is 2. The summed E-state index contributed by atoms with van der Waals surface area (Å²) in [5.41, 5.74) is -0.765. The zero-order valence-electron chi connectivity index (χ0n) is 29.4. The fourth-order valence-corrected chi connectivity index (χ4v) is 11.0. The minimum atomic E-state index is -1.03. The highest BCUT2D eigenvalue weighted by atomic mass is 35.7. The number of halogens is 1. The number of nitrogens with zero attached hydrogens (tertiary/aromatic N) is 4. The molecule has 8 heterocycles. The van der Waals surface area contributed by atoms with Crippen LogP contribution < -0.4 is 22.5 Å².